The number of carbonyl (C=O) groups excluding carboxylic acids is 1. The normalized spacial score (nSPS) is 11.1. The maximum atomic E-state index is 12.1. The molecule has 0 aliphatic heterocycles. The third-order valence-electron chi connectivity index (χ3n) is 4.01. The van der Waals surface area contributed by atoms with E-state index in [4.69, 9.17) is 27.6 Å². The predicted molar refractivity (Wildman–Crippen MR) is 108 cm³/mol. The number of carbonyl (C=O) groups is 1. The van der Waals surface area contributed by atoms with E-state index in [1.54, 1.807) is 30.3 Å². The number of rotatable bonds is 4. The van der Waals surface area contributed by atoms with Crippen LogP contribution in [0.2, 0.25) is 10.0 Å². The number of nitrogens with one attached hydrogen (secondary N) is 1. The Hall–Kier alpha value is -2.49. The van der Waals surface area contributed by atoms with Gasteiger partial charge in [0.2, 0.25) is 5.91 Å². The first kappa shape index (κ1) is 18.3. The molecule has 2 aromatic carbocycles. The van der Waals surface area contributed by atoms with Crippen LogP contribution in [0.3, 0.4) is 0 Å². The van der Waals surface area contributed by atoms with Crippen LogP contribution in [0.4, 0.5) is 5.69 Å². The van der Waals surface area contributed by atoms with E-state index in [1.165, 1.54) is 6.08 Å². The Labute approximate surface area is 162 Å². The van der Waals surface area contributed by atoms with Crippen LogP contribution in [0.1, 0.15) is 16.9 Å². The fraction of sp³-hybridized carbons (Fsp3) is 0.0952. The summed E-state index contributed by atoms with van der Waals surface area (Å²) in [7, 11) is 0. The highest BCUT2D eigenvalue weighted by molar-refractivity contribution is 6.32. The number of hydrogen-bond acceptors (Lipinski definition) is 2. The molecule has 0 aliphatic rings. The highest BCUT2D eigenvalue weighted by Gasteiger charge is 2.07. The maximum Gasteiger partial charge on any atom is 0.248 e. The maximum absolute atomic E-state index is 12.1. The lowest BCUT2D eigenvalue weighted by atomic mass is 10.1. The minimum absolute atomic E-state index is 0.258. The fourth-order valence-corrected chi connectivity index (χ4v) is 2.77. The third-order valence-corrected chi connectivity index (χ3v) is 4.82. The molecule has 0 aliphatic carbocycles. The molecule has 0 spiro atoms. The van der Waals surface area contributed by atoms with E-state index in [9.17, 15) is 4.79 Å². The van der Waals surface area contributed by atoms with Gasteiger partial charge in [0.25, 0.3) is 0 Å². The molecule has 3 rings (SSSR count). The Morgan fingerprint density at radius 2 is 1.85 bits per heavy atom. The molecule has 5 heteroatoms. The Morgan fingerprint density at radius 3 is 2.62 bits per heavy atom. The average Bonchev–Trinajstić information content (AvgIpc) is 3.09. The summed E-state index contributed by atoms with van der Waals surface area (Å²) in [5, 5.41) is 4.10. The van der Waals surface area contributed by atoms with Crippen molar-refractivity contribution >= 4 is 40.9 Å². The van der Waals surface area contributed by atoms with E-state index in [1.807, 2.05) is 38.1 Å². The fourth-order valence-electron chi connectivity index (χ4n) is 2.42. The quantitative estimate of drug-likeness (QED) is 0.519. The van der Waals surface area contributed by atoms with Crippen LogP contribution in [0.15, 0.2) is 59.0 Å². The van der Waals surface area contributed by atoms with Gasteiger partial charge in [-0.15, -0.1) is 0 Å². The van der Waals surface area contributed by atoms with Crippen molar-refractivity contribution in [2.45, 2.75) is 13.8 Å². The molecule has 3 aromatic rings. The van der Waals surface area contributed by atoms with Crippen molar-refractivity contribution in [1.29, 1.82) is 0 Å². The van der Waals surface area contributed by atoms with Crippen molar-refractivity contribution in [3.05, 3.63) is 81.5 Å². The van der Waals surface area contributed by atoms with E-state index >= 15 is 0 Å². The first-order valence-electron chi connectivity index (χ1n) is 8.04. The summed E-state index contributed by atoms with van der Waals surface area (Å²) in [5.74, 6) is 1.01. The molecule has 1 N–H and O–H groups in total. The molecule has 26 heavy (non-hydrogen) atoms. The molecule has 132 valence electrons. The first-order valence-corrected chi connectivity index (χ1v) is 8.80. The van der Waals surface area contributed by atoms with E-state index < -0.39 is 0 Å². The summed E-state index contributed by atoms with van der Waals surface area (Å²) >= 11 is 12.2. The highest BCUT2D eigenvalue weighted by Crippen LogP contribution is 2.27. The second-order valence-corrected chi connectivity index (χ2v) is 6.72. The van der Waals surface area contributed by atoms with Crippen LogP contribution in [-0.2, 0) is 4.79 Å². The van der Waals surface area contributed by atoms with E-state index in [-0.39, 0.29) is 5.91 Å². The number of halogens is 2. The lowest BCUT2D eigenvalue weighted by molar-refractivity contribution is -0.111. The Morgan fingerprint density at radius 1 is 1.04 bits per heavy atom. The van der Waals surface area contributed by atoms with Gasteiger partial charge in [0, 0.05) is 27.4 Å². The summed E-state index contributed by atoms with van der Waals surface area (Å²) in [4.78, 5) is 12.1. The topological polar surface area (TPSA) is 42.2 Å². The molecule has 0 saturated heterocycles. The van der Waals surface area contributed by atoms with E-state index in [0.717, 1.165) is 16.7 Å². The van der Waals surface area contributed by atoms with E-state index in [2.05, 4.69) is 5.32 Å². The number of aryl methyl sites for hydroxylation is 1. The first-order chi connectivity index (χ1) is 12.4. The second kappa shape index (κ2) is 7.81. The van der Waals surface area contributed by atoms with Crippen LogP contribution < -0.4 is 5.32 Å². The van der Waals surface area contributed by atoms with Gasteiger partial charge in [-0.1, -0.05) is 41.4 Å². The average molecular weight is 386 g/mol. The summed E-state index contributed by atoms with van der Waals surface area (Å²) in [6.45, 7) is 3.80. The molecule has 3 nitrogen and oxygen atoms in total. The summed E-state index contributed by atoms with van der Waals surface area (Å²) < 4.78 is 5.76. The van der Waals surface area contributed by atoms with Gasteiger partial charge in [0.15, 0.2) is 0 Å². The zero-order chi connectivity index (χ0) is 18.7. The summed E-state index contributed by atoms with van der Waals surface area (Å²) in [6, 6.07) is 14.8. The van der Waals surface area contributed by atoms with Crippen molar-refractivity contribution in [3.8, 4) is 11.3 Å². The standard InChI is InChI=1S/C21H17Cl2NO2/c1-13-6-7-15(12-18(13)23)20-10-8-16(26-20)9-11-21(25)24-19-5-3-4-17(22)14(19)2/h3-12H,1-2H3,(H,24,25)/b11-9+. The molecular formula is C21H17Cl2NO2. The Kier molecular flexibility index (Phi) is 5.50. The van der Waals surface area contributed by atoms with Crippen molar-refractivity contribution in [2.75, 3.05) is 5.32 Å². The Bertz CT molecular complexity index is 989. The van der Waals surface area contributed by atoms with Gasteiger partial charge in [-0.2, -0.15) is 0 Å². The lowest BCUT2D eigenvalue weighted by Crippen LogP contribution is -2.08. The number of benzene rings is 2. The predicted octanol–water partition coefficient (Wildman–Crippen LogP) is 6.52. The van der Waals surface area contributed by atoms with Gasteiger partial charge in [-0.25, -0.2) is 0 Å². The third kappa shape index (κ3) is 4.18. The molecule has 0 atom stereocenters. The van der Waals surface area contributed by atoms with Gasteiger partial charge >= 0.3 is 0 Å². The SMILES string of the molecule is Cc1ccc(-c2ccc(/C=C/C(=O)Nc3cccc(Cl)c3C)o2)cc1Cl. The van der Waals surface area contributed by atoms with Crippen LogP contribution in [0, 0.1) is 13.8 Å². The summed E-state index contributed by atoms with van der Waals surface area (Å²) in [6.07, 6.45) is 3.04. The van der Waals surface area contributed by atoms with Crippen LogP contribution in [0.5, 0.6) is 0 Å². The molecular weight excluding hydrogens is 369 g/mol. The number of furan rings is 1. The minimum Gasteiger partial charge on any atom is -0.457 e. The van der Waals surface area contributed by atoms with Crippen LogP contribution in [-0.4, -0.2) is 5.91 Å². The molecule has 1 aromatic heterocycles. The van der Waals surface area contributed by atoms with Crippen LogP contribution >= 0.6 is 23.2 Å². The van der Waals surface area contributed by atoms with Gasteiger partial charge < -0.3 is 9.73 Å². The smallest absolute Gasteiger partial charge is 0.248 e. The van der Waals surface area contributed by atoms with Gasteiger partial charge in [0.05, 0.1) is 0 Å². The van der Waals surface area contributed by atoms with Gasteiger partial charge in [-0.05, 0) is 61.4 Å². The lowest BCUT2D eigenvalue weighted by Gasteiger charge is -2.07. The molecule has 0 bridgehead atoms. The molecule has 1 amide bonds. The van der Waals surface area contributed by atoms with E-state index in [0.29, 0.717) is 27.3 Å². The largest absolute Gasteiger partial charge is 0.457 e. The molecule has 0 fully saturated rings. The number of anilines is 1. The zero-order valence-electron chi connectivity index (χ0n) is 14.3. The number of amides is 1. The van der Waals surface area contributed by atoms with Crippen molar-refractivity contribution < 1.29 is 9.21 Å². The monoisotopic (exact) mass is 385 g/mol. The minimum atomic E-state index is -0.258. The van der Waals surface area contributed by atoms with Crippen molar-refractivity contribution in [1.82, 2.24) is 0 Å². The summed E-state index contributed by atoms with van der Waals surface area (Å²) in [5.41, 5.74) is 3.41. The molecule has 0 unspecified atom stereocenters. The van der Waals surface area contributed by atoms with Crippen molar-refractivity contribution in [2.24, 2.45) is 0 Å². The second-order valence-electron chi connectivity index (χ2n) is 5.90. The Balaban J connectivity index is 1.71. The van der Waals surface area contributed by atoms with Crippen molar-refractivity contribution in [3.63, 3.8) is 0 Å². The molecule has 0 saturated carbocycles. The van der Waals surface area contributed by atoms with Gasteiger partial charge in [0.1, 0.15) is 11.5 Å². The zero-order valence-corrected chi connectivity index (χ0v) is 15.9. The van der Waals surface area contributed by atoms with Crippen LogP contribution in [0.25, 0.3) is 17.4 Å². The molecule has 0 radical (unpaired) electrons. The number of hydrogen-bond donors (Lipinski definition) is 1. The molecule has 1 heterocycles. The highest BCUT2D eigenvalue weighted by atomic mass is 35.5. The van der Waals surface area contributed by atoms with Gasteiger partial charge in [-0.3, -0.25) is 4.79 Å².